The van der Waals surface area contributed by atoms with E-state index in [0.717, 1.165) is 17.1 Å². The Bertz CT molecular complexity index is 371. The van der Waals surface area contributed by atoms with E-state index >= 15 is 0 Å². The van der Waals surface area contributed by atoms with Gasteiger partial charge in [0.1, 0.15) is 11.5 Å². The van der Waals surface area contributed by atoms with Gasteiger partial charge in [-0.3, -0.25) is 0 Å². The molecule has 1 aromatic carbocycles. The number of ether oxygens (including phenoxy) is 3. The lowest BCUT2D eigenvalue weighted by atomic mass is 9.94. The maximum atomic E-state index is 6.34. The molecule has 0 aromatic heterocycles. The molecule has 4 heteroatoms. The van der Waals surface area contributed by atoms with Crippen molar-refractivity contribution in [3.63, 3.8) is 0 Å². The lowest BCUT2D eigenvalue weighted by Gasteiger charge is -2.28. The Labute approximate surface area is 115 Å². The third kappa shape index (κ3) is 4.11. The monoisotopic (exact) mass is 267 g/mol. The van der Waals surface area contributed by atoms with Crippen LogP contribution in [-0.2, 0) is 4.74 Å². The second kappa shape index (κ2) is 7.36. The third-order valence-electron chi connectivity index (χ3n) is 3.13. The molecule has 0 heterocycles. The van der Waals surface area contributed by atoms with Crippen LogP contribution in [0.15, 0.2) is 18.2 Å². The van der Waals surface area contributed by atoms with E-state index in [1.807, 2.05) is 25.1 Å². The molecule has 0 amide bonds. The van der Waals surface area contributed by atoms with Gasteiger partial charge in [-0.15, -0.1) is 0 Å². The summed E-state index contributed by atoms with van der Waals surface area (Å²) >= 11 is 0. The first-order chi connectivity index (χ1) is 9.03. The summed E-state index contributed by atoms with van der Waals surface area (Å²) in [5, 5.41) is 0. The molecule has 1 aromatic rings. The maximum absolute atomic E-state index is 6.34. The molecule has 4 nitrogen and oxygen atoms in total. The molecule has 108 valence electrons. The van der Waals surface area contributed by atoms with Crippen LogP contribution in [0, 0.1) is 5.92 Å². The van der Waals surface area contributed by atoms with Crippen molar-refractivity contribution in [1.29, 1.82) is 0 Å². The molecule has 1 rings (SSSR count). The van der Waals surface area contributed by atoms with E-state index in [4.69, 9.17) is 19.9 Å². The first kappa shape index (κ1) is 15.8. The number of benzene rings is 1. The molecule has 0 bridgehead atoms. The number of hydrogen-bond donors (Lipinski definition) is 1. The Morgan fingerprint density at radius 2 is 1.58 bits per heavy atom. The van der Waals surface area contributed by atoms with Crippen molar-refractivity contribution in [3.8, 4) is 11.5 Å². The predicted molar refractivity (Wildman–Crippen MR) is 76.7 cm³/mol. The molecule has 0 fully saturated rings. The summed E-state index contributed by atoms with van der Waals surface area (Å²) in [5.74, 6) is 1.82. The molecule has 0 radical (unpaired) electrons. The minimum Gasteiger partial charge on any atom is -0.497 e. The third-order valence-corrected chi connectivity index (χ3v) is 3.13. The fourth-order valence-corrected chi connectivity index (χ4v) is 2.11. The summed E-state index contributed by atoms with van der Waals surface area (Å²) < 4.78 is 16.3. The van der Waals surface area contributed by atoms with Gasteiger partial charge >= 0.3 is 0 Å². The Morgan fingerprint density at radius 1 is 1.05 bits per heavy atom. The smallest absolute Gasteiger partial charge is 0.122 e. The van der Waals surface area contributed by atoms with Gasteiger partial charge in [0.05, 0.1) is 26.4 Å². The fourth-order valence-electron chi connectivity index (χ4n) is 2.11. The quantitative estimate of drug-likeness (QED) is 0.825. The van der Waals surface area contributed by atoms with E-state index in [1.54, 1.807) is 14.2 Å². The highest BCUT2D eigenvalue weighted by Crippen LogP contribution is 2.29. The average molecular weight is 267 g/mol. The van der Waals surface area contributed by atoms with Gasteiger partial charge < -0.3 is 19.9 Å². The molecule has 0 aliphatic rings. The first-order valence-electron chi connectivity index (χ1n) is 6.63. The molecule has 0 aliphatic carbocycles. The van der Waals surface area contributed by atoms with E-state index in [0.29, 0.717) is 12.5 Å². The van der Waals surface area contributed by atoms with Crippen LogP contribution < -0.4 is 15.2 Å². The molecular formula is C15H25NO3. The second-order valence-corrected chi connectivity index (χ2v) is 4.84. The summed E-state index contributed by atoms with van der Waals surface area (Å²) in [5.41, 5.74) is 7.30. The highest BCUT2D eigenvalue weighted by molar-refractivity contribution is 5.40. The number of methoxy groups -OCH3 is 2. The highest BCUT2D eigenvalue weighted by Gasteiger charge is 2.24. The van der Waals surface area contributed by atoms with Crippen LogP contribution in [0.4, 0.5) is 0 Å². The van der Waals surface area contributed by atoms with Crippen molar-refractivity contribution >= 4 is 0 Å². The van der Waals surface area contributed by atoms with Gasteiger partial charge in [0.15, 0.2) is 0 Å². The Hall–Kier alpha value is -1.26. The lowest BCUT2D eigenvalue weighted by molar-refractivity contribution is 0.0121. The number of nitrogens with two attached hydrogens (primary N) is 1. The van der Waals surface area contributed by atoms with Crippen LogP contribution in [0.25, 0.3) is 0 Å². The van der Waals surface area contributed by atoms with Crippen LogP contribution in [-0.4, -0.2) is 26.9 Å². The second-order valence-electron chi connectivity index (χ2n) is 4.84. The molecule has 0 aliphatic heterocycles. The predicted octanol–water partition coefficient (Wildman–Crippen LogP) is 2.76. The van der Waals surface area contributed by atoms with Crippen molar-refractivity contribution in [1.82, 2.24) is 0 Å². The van der Waals surface area contributed by atoms with Crippen LogP contribution in [0.2, 0.25) is 0 Å². The largest absolute Gasteiger partial charge is 0.497 e. The maximum Gasteiger partial charge on any atom is 0.122 e. The molecule has 2 N–H and O–H groups in total. The van der Waals surface area contributed by atoms with E-state index < -0.39 is 0 Å². The highest BCUT2D eigenvalue weighted by atomic mass is 16.5. The van der Waals surface area contributed by atoms with Gasteiger partial charge in [0.25, 0.3) is 0 Å². The van der Waals surface area contributed by atoms with Crippen LogP contribution in [0.1, 0.15) is 32.4 Å². The Balaban J connectivity index is 3.05. The SMILES string of the molecule is CCOC(C(C)C)C(N)c1cc(OC)cc(OC)c1. The molecular weight excluding hydrogens is 242 g/mol. The number of hydrogen-bond acceptors (Lipinski definition) is 4. The summed E-state index contributed by atoms with van der Waals surface area (Å²) in [6.45, 7) is 6.85. The molecule has 2 unspecified atom stereocenters. The molecule has 19 heavy (non-hydrogen) atoms. The molecule has 0 spiro atoms. The van der Waals surface area contributed by atoms with Gasteiger partial charge in [-0.1, -0.05) is 13.8 Å². The normalized spacial score (nSPS) is 14.3. The van der Waals surface area contributed by atoms with Crippen molar-refractivity contribution in [2.45, 2.75) is 32.9 Å². The van der Waals surface area contributed by atoms with Gasteiger partial charge in [-0.05, 0) is 30.5 Å². The molecule has 0 saturated carbocycles. The average Bonchev–Trinajstić information content (AvgIpc) is 2.42. The fraction of sp³-hybridized carbons (Fsp3) is 0.600. The van der Waals surface area contributed by atoms with Crippen LogP contribution >= 0.6 is 0 Å². The van der Waals surface area contributed by atoms with Gasteiger partial charge in [-0.25, -0.2) is 0 Å². The van der Waals surface area contributed by atoms with E-state index in [-0.39, 0.29) is 12.1 Å². The molecule has 2 atom stereocenters. The summed E-state index contributed by atoms with van der Waals surface area (Å²) in [6, 6.07) is 5.49. The van der Waals surface area contributed by atoms with Crippen molar-refractivity contribution in [3.05, 3.63) is 23.8 Å². The van der Waals surface area contributed by atoms with Crippen LogP contribution in [0.3, 0.4) is 0 Å². The zero-order valence-corrected chi connectivity index (χ0v) is 12.5. The van der Waals surface area contributed by atoms with Gasteiger partial charge in [0.2, 0.25) is 0 Å². The Morgan fingerprint density at radius 3 is 1.95 bits per heavy atom. The summed E-state index contributed by atoms with van der Waals surface area (Å²) in [6.07, 6.45) is -0.0261. The Kier molecular flexibility index (Phi) is 6.12. The minimum atomic E-state index is -0.205. The topological polar surface area (TPSA) is 53.7 Å². The minimum absolute atomic E-state index is 0.0261. The van der Waals surface area contributed by atoms with Gasteiger partial charge in [0, 0.05) is 12.7 Å². The first-order valence-corrected chi connectivity index (χ1v) is 6.63. The lowest BCUT2D eigenvalue weighted by Crippen LogP contribution is -2.33. The van der Waals surface area contributed by atoms with Crippen molar-refractivity contribution < 1.29 is 14.2 Å². The van der Waals surface area contributed by atoms with E-state index in [9.17, 15) is 0 Å². The van der Waals surface area contributed by atoms with Crippen LogP contribution in [0.5, 0.6) is 11.5 Å². The van der Waals surface area contributed by atoms with Gasteiger partial charge in [-0.2, -0.15) is 0 Å². The van der Waals surface area contributed by atoms with E-state index in [1.165, 1.54) is 0 Å². The van der Waals surface area contributed by atoms with E-state index in [2.05, 4.69) is 13.8 Å². The standard InChI is InChI=1S/C15H25NO3/c1-6-19-15(10(2)3)14(16)11-7-12(17-4)9-13(8-11)18-5/h7-10,14-15H,6,16H2,1-5H3. The number of rotatable bonds is 7. The summed E-state index contributed by atoms with van der Waals surface area (Å²) in [7, 11) is 3.26. The van der Waals surface area contributed by atoms with Crippen molar-refractivity contribution in [2.75, 3.05) is 20.8 Å². The zero-order chi connectivity index (χ0) is 14.4. The molecule has 0 saturated heterocycles. The zero-order valence-electron chi connectivity index (χ0n) is 12.5. The summed E-state index contributed by atoms with van der Waals surface area (Å²) in [4.78, 5) is 0. The van der Waals surface area contributed by atoms with Crippen molar-refractivity contribution in [2.24, 2.45) is 11.7 Å².